The van der Waals surface area contributed by atoms with E-state index in [-0.39, 0.29) is 0 Å². The van der Waals surface area contributed by atoms with Crippen LogP contribution in [-0.2, 0) is 6.42 Å². The predicted octanol–water partition coefficient (Wildman–Crippen LogP) is 3.69. The third-order valence-corrected chi connectivity index (χ3v) is 4.85. The Bertz CT molecular complexity index is 433. The van der Waals surface area contributed by atoms with Gasteiger partial charge in [-0.1, -0.05) is 44.5 Å². The van der Waals surface area contributed by atoms with E-state index in [2.05, 4.69) is 48.5 Å². The molecule has 104 valence electrons. The third-order valence-electron chi connectivity index (χ3n) is 4.85. The van der Waals surface area contributed by atoms with Gasteiger partial charge in [0.15, 0.2) is 0 Å². The van der Waals surface area contributed by atoms with Crippen LogP contribution in [0.2, 0.25) is 0 Å². The van der Waals surface area contributed by atoms with E-state index in [4.69, 9.17) is 0 Å². The number of fused-ring (bicyclic) bond motifs is 1. The first-order chi connectivity index (χ1) is 9.17. The highest BCUT2D eigenvalue weighted by molar-refractivity contribution is 5.34. The second-order valence-corrected chi connectivity index (χ2v) is 6.80. The van der Waals surface area contributed by atoms with Crippen molar-refractivity contribution in [3.05, 3.63) is 35.4 Å². The predicted molar refractivity (Wildman–Crippen MR) is 79.8 cm³/mol. The summed E-state index contributed by atoms with van der Waals surface area (Å²) in [6.45, 7) is 7.22. The van der Waals surface area contributed by atoms with Crippen molar-refractivity contribution in [1.29, 1.82) is 0 Å². The molecule has 1 aliphatic heterocycles. The Morgan fingerprint density at radius 1 is 1.11 bits per heavy atom. The fourth-order valence-electron chi connectivity index (χ4n) is 3.52. The Morgan fingerprint density at radius 2 is 1.84 bits per heavy atom. The highest BCUT2D eigenvalue weighted by Crippen LogP contribution is 2.43. The number of hydrazine groups is 1. The molecule has 1 saturated heterocycles. The Labute approximate surface area is 117 Å². The maximum atomic E-state index is 3.84. The lowest BCUT2D eigenvalue weighted by molar-refractivity contribution is 0.0699. The van der Waals surface area contributed by atoms with Crippen LogP contribution < -0.4 is 5.43 Å². The number of nitrogens with zero attached hydrogens (tertiary/aromatic N) is 1. The third kappa shape index (κ3) is 2.70. The van der Waals surface area contributed by atoms with Gasteiger partial charge in [-0.2, -0.15) is 0 Å². The van der Waals surface area contributed by atoms with Crippen LogP contribution in [0.25, 0.3) is 0 Å². The van der Waals surface area contributed by atoms with Crippen LogP contribution in [0.5, 0.6) is 0 Å². The molecule has 0 bridgehead atoms. The molecular weight excluding hydrogens is 232 g/mol. The first-order valence-electron chi connectivity index (χ1n) is 7.76. The summed E-state index contributed by atoms with van der Waals surface area (Å²) >= 11 is 0. The monoisotopic (exact) mass is 258 g/mol. The number of aryl methyl sites for hydroxylation is 1. The quantitative estimate of drug-likeness (QED) is 0.870. The lowest BCUT2D eigenvalue weighted by atomic mass is 9.70. The summed E-state index contributed by atoms with van der Waals surface area (Å²) in [5.41, 5.74) is 7.23. The van der Waals surface area contributed by atoms with Crippen LogP contribution in [0.4, 0.5) is 0 Å². The van der Waals surface area contributed by atoms with Gasteiger partial charge in [-0.15, -0.1) is 0 Å². The van der Waals surface area contributed by atoms with Gasteiger partial charge < -0.3 is 0 Å². The Hall–Kier alpha value is -0.860. The lowest BCUT2D eigenvalue weighted by Crippen LogP contribution is -2.49. The molecule has 2 heteroatoms. The molecule has 3 rings (SSSR count). The van der Waals surface area contributed by atoms with Crippen LogP contribution in [0.15, 0.2) is 24.3 Å². The molecular formula is C17H26N2. The Kier molecular flexibility index (Phi) is 3.64. The molecule has 1 heterocycles. The first-order valence-corrected chi connectivity index (χ1v) is 7.76. The molecule has 1 atom stereocenters. The molecule has 0 spiro atoms. The van der Waals surface area contributed by atoms with Crippen molar-refractivity contribution in [1.82, 2.24) is 10.4 Å². The molecule has 1 unspecified atom stereocenters. The minimum Gasteiger partial charge on any atom is -0.247 e. The van der Waals surface area contributed by atoms with E-state index >= 15 is 0 Å². The topological polar surface area (TPSA) is 15.3 Å². The average Bonchev–Trinajstić information content (AvgIpc) is 2.43. The van der Waals surface area contributed by atoms with Crippen molar-refractivity contribution in [2.45, 2.75) is 52.0 Å². The minimum absolute atomic E-state index is 0.339. The van der Waals surface area contributed by atoms with Crippen molar-refractivity contribution in [3.8, 4) is 0 Å². The Morgan fingerprint density at radius 3 is 2.63 bits per heavy atom. The first kappa shape index (κ1) is 13.1. The van der Waals surface area contributed by atoms with Crippen molar-refractivity contribution < 1.29 is 0 Å². The summed E-state index contributed by atoms with van der Waals surface area (Å²) in [5.74, 6) is 0. The van der Waals surface area contributed by atoms with Gasteiger partial charge >= 0.3 is 0 Å². The second-order valence-electron chi connectivity index (χ2n) is 6.80. The number of nitrogens with one attached hydrogen (secondary N) is 1. The van der Waals surface area contributed by atoms with Gasteiger partial charge in [0.25, 0.3) is 0 Å². The van der Waals surface area contributed by atoms with Crippen LogP contribution in [0.1, 0.15) is 56.7 Å². The van der Waals surface area contributed by atoms with E-state index in [0.29, 0.717) is 11.5 Å². The molecule has 0 amide bonds. The lowest BCUT2D eigenvalue weighted by Gasteiger charge is -2.44. The fourth-order valence-corrected chi connectivity index (χ4v) is 3.52. The smallest absolute Gasteiger partial charge is 0.0518 e. The van der Waals surface area contributed by atoms with E-state index in [1.165, 1.54) is 56.3 Å². The average molecular weight is 258 g/mol. The van der Waals surface area contributed by atoms with Gasteiger partial charge in [-0.3, -0.25) is 0 Å². The molecule has 1 fully saturated rings. The number of piperidine rings is 1. The fraction of sp³-hybridized carbons (Fsp3) is 0.647. The van der Waals surface area contributed by atoms with Gasteiger partial charge in [0.05, 0.1) is 6.04 Å². The van der Waals surface area contributed by atoms with Gasteiger partial charge in [0, 0.05) is 13.1 Å². The normalized spacial score (nSPS) is 26.9. The van der Waals surface area contributed by atoms with Gasteiger partial charge in [-0.25, -0.2) is 10.4 Å². The van der Waals surface area contributed by atoms with E-state index in [1.807, 2.05) is 0 Å². The van der Waals surface area contributed by atoms with Gasteiger partial charge in [0.2, 0.25) is 0 Å². The van der Waals surface area contributed by atoms with E-state index in [1.54, 1.807) is 0 Å². The number of hydrogen-bond donors (Lipinski definition) is 1. The molecule has 19 heavy (non-hydrogen) atoms. The summed E-state index contributed by atoms with van der Waals surface area (Å²) in [6.07, 6.45) is 6.56. The zero-order valence-electron chi connectivity index (χ0n) is 12.3. The molecule has 2 aliphatic rings. The van der Waals surface area contributed by atoms with Crippen LogP contribution in [0.3, 0.4) is 0 Å². The summed E-state index contributed by atoms with van der Waals surface area (Å²) in [4.78, 5) is 0. The molecule has 1 aromatic carbocycles. The van der Waals surface area contributed by atoms with Crippen molar-refractivity contribution in [2.75, 3.05) is 13.1 Å². The molecule has 1 N–H and O–H groups in total. The number of rotatable bonds is 2. The number of hydrogen-bond acceptors (Lipinski definition) is 2. The highest BCUT2D eigenvalue weighted by atomic mass is 15.5. The summed E-state index contributed by atoms with van der Waals surface area (Å²) in [6, 6.07) is 9.45. The van der Waals surface area contributed by atoms with Crippen molar-refractivity contribution in [2.24, 2.45) is 5.41 Å². The molecule has 0 saturated carbocycles. The maximum absolute atomic E-state index is 3.84. The van der Waals surface area contributed by atoms with E-state index in [9.17, 15) is 0 Å². The highest BCUT2D eigenvalue weighted by Gasteiger charge is 2.36. The van der Waals surface area contributed by atoms with E-state index in [0.717, 1.165) is 0 Å². The summed E-state index contributed by atoms with van der Waals surface area (Å²) in [5, 5.41) is 2.46. The van der Waals surface area contributed by atoms with Gasteiger partial charge in [-0.05, 0) is 42.2 Å². The summed E-state index contributed by atoms with van der Waals surface area (Å²) < 4.78 is 0. The second kappa shape index (κ2) is 5.26. The number of benzene rings is 1. The Balaban J connectivity index is 1.84. The van der Waals surface area contributed by atoms with Crippen molar-refractivity contribution in [3.63, 3.8) is 0 Å². The van der Waals surface area contributed by atoms with Gasteiger partial charge in [0.1, 0.15) is 0 Å². The zero-order chi connectivity index (χ0) is 13.3. The molecule has 0 radical (unpaired) electrons. The van der Waals surface area contributed by atoms with Crippen LogP contribution in [0, 0.1) is 5.41 Å². The minimum atomic E-state index is 0.339. The van der Waals surface area contributed by atoms with Crippen molar-refractivity contribution >= 4 is 0 Å². The van der Waals surface area contributed by atoms with E-state index < -0.39 is 0 Å². The summed E-state index contributed by atoms with van der Waals surface area (Å²) in [7, 11) is 0. The molecule has 1 aromatic rings. The molecule has 0 aromatic heterocycles. The largest absolute Gasteiger partial charge is 0.247 e. The maximum Gasteiger partial charge on any atom is 0.0518 e. The standard InChI is InChI=1S/C17H26N2/c1-17(2)11-10-14-8-4-5-9-15(14)16(17)18-19-12-6-3-7-13-19/h4-5,8-9,16,18H,3,6-7,10-13H2,1-2H3. The zero-order valence-corrected chi connectivity index (χ0v) is 12.3. The molecule has 2 nitrogen and oxygen atoms in total. The molecule has 1 aliphatic carbocycles. The SMILES string of the molecule is CC1(C)CCc2ccccc2C1NN1CCCCC1. The van der Waals surface area contributed by atoms with Crippen LogP contribution in [-0.4, -0.2) is 18.1 Å². The van der Waals surface area contributed by atoms with Crippen LogP contribution >= 0.6 is 0 Å².